The van der Waals surface area contributed by atoms with Gasteiger partial charge in [0.1, 0.15) is 12.2 Å². The van der Waals surface area contributed by atoms with E-state index in [4.69, 9.17) is 4.52 Å². The predicted molar refractivity (Wildman–Crippen MR) is 147 cm³/mol. The molecule has 0 spiro atoms. The molecule has 5 nitrogen and oxygen atoms in total. The van der Waals surface area contributed by atoms with Crippen molar-refractivity contribution in [3.8, 4) is 11.3 Å². The molecule has 210 valence electrons. The fraction of sp³-hybridized carbons (Fsp3) is 0.276. The Labute approximate surface area is 233 Å². The van der Waals surface area contributed by atoms with Crippen LogP contribution in [0.4, 0.5) is 22.0 Å². The van der Waals surface area contributed by atoms with Gasteiger partial charge in [0.15, 0.2) is 17.4 Å². The van der Waals surface area contributed by atoms with Crippen LogP contribution in [0.2, 0.25) is 0 Å². The minimum Gasteiger partial charge on any atom is -0.359 e. The summed E-state index contributed by atoms with van der Waals surface area (Å²) < 4.78 is 75.0. The third kappa shape index (κ3) is 7.07. The number of alkyl halides is 3. The maximum Gasteiger partial charge on any atom is 0.417 e. The summed E-state index contributed by atoms with van der Waals surface area (Å²) in [6.45, 7) is 9.58. The number of allylic oxidation sites excluding steroid dienone is 1. The quantitative estimate of drug-likeness (QED) is 0.146. The Morgan fingerprint density at radius 3 is 2.65 bits per heavy atom. The van der Waals surface area contributed by atoms with Crippen molar-refractivity contribution in [3.63, 3.8) is 0 Å². The van der Waals surface area contributed by atoms with Crippen LogP contribution in [0.15, 0.2) is 86.0 Å². The van der Waals surface area contributed by atoms with Gasteiger partial charge in [0, 0.05) is 33.4 Å². The van der Waals surface area contributed by atoms with Gasteiger partial charge in [-0.3, -0.25) is 10.0 Å². The SMILES string of the molecule is C=C1C=NN(Cc2cc(-c3ccc(SCCC(C)C)cc3C(F)(F)F)no2)C=C1N=C(C)c1cccc(F)c1F. The first-order valence-electron chi connectivity index (χ1n) is 12.4. The van der Waals surface area contributed by atoms with E-state index in [-0.39, 0.29) is 34.8 Å². The van der Waals surface area contributed by atoms with Gasteiger partial charge in [0.2, 0.25) is 0 Å². The molecule has 0 amide bonds. The van der Waals surface area contributed by atoms with E-state index in [1.807, 2.05) is 0 Å². The number of aliphatic imine (C=N–C) groups is 1. The fourth-order valence-corrected chi connectivity index (χ4v) is 5.03. The zero-order valence-corrected chi connectivity index (χ0v) is 22.9. The average molecular weight is 575 g/mol. The van der Waals surface area contributed by atoms with Crippen molar-refractivity contribution >= 4 is 23.7 Å². The van der Waals surface area contributed by atoms with Crippen LogP contribution in [0.1, 0.15) is 44.1 Å². The molecule has 0 saturated heterocycles. The number of halogens is 5. The van der Waals surface area contributed by atoms with E-state index in [9.17, 15) is 22.0 Å². The first-order valence-corrected chi connectivity index (χ1v) is 13.4. The number of benzene rings is 2. The van der Waals surface area contributed by atoms with Gasteiger partial charge in [0.25, 0.3) is 0 Å². The molecule has 0 saturated carbocycles. The van der Waals surface area contributed by atoms with Crippen LogP contribution in [-0.2, 0) is 12.7 Å². The number of nitrogens with zero attached hydrogens (tertiary/aromatic N) is 4. The number of hydrazone groups is 1. The Balaban J connectivity index is 1.54. The van der Waals surface area contributed by atoms with Gasteiger partial charge in [-0.05, 0) is 49.3 Å². The molecule has 1 aromatic heterocycles. The predicted octanol–water partition coefficient (Wildman–Crippen LogP) is 8.49. The van der Waals surface area contributed by atoms with Crippen molar-refractivity contribution in [2.24, 2.45) is 16.0 Å². The van der Waals surface area contributed by atoms with Crippen LogP contribution < -0.4 is 0 Å². The van der Waals surface area contributed by atoms with Crippen molar-refractivity contribution in [3.05, 3.63) is 95.0 Å². The zero-order valence-electron chi connectivity index (χ0n) is 22.1. The molecule has 0 bridgehead atoms. The molecule has 40 heavy (non-hydrogen) atoms. The molecule has 0 N–H and O–H groups in total. The summed E-state index contributed by atoms with van der Waals surface area (Å²) in [5.41, 5.74) is 0.198. The molecule has 0 atom stereocenters. The lowest BCUT2D eigenvalue weighted by Crippen LogP contribution is -2.15. The minimum atomic E-state index is -4.57. The summed E-state index contributed by atoms with van der Waals surface area (Å²) in [6.07, 6.45) is -0.719. The molecule has 3 aromatic rings. The van der Waals surface area contributed by atoms with E-state index in [1.165, 1.54) is 60.4 Å². The summed E-state index contributed by atoms with van der Waals surface area (Å²) >= 11 is 1.39. The summed E-state index contributed by atoms with van der Waals surface area (Å²) in [4.78, 5) is 4.91. The maximum atomic E-state index is 14.2. The summed E-state index contributed by atoms with van der Waals surface area (Å²) in [5.74, 6) is -0.549. The first-order chi connectivity index (χ1) is 18.9. The highest BCUT2D eigenvalue weighted by molar-refractivity contribution is 7.99. The number of hydrogen-bond donors (Lipinski definition) is 0. The highest BCUT2D eigenvalue weighted by Gasteiger charge is 2.35. The van der Waals surface area contributed by atoms with Gasteiger partial charge < -0.3 is 4.52 Å². The van der Waals surface area contributed by atoms with Gasteiger partial charge in [-0.15, -0.1) is 11.8 Å². The number of hydrogen-bond acceptors (Lipinski definition) is 6. The Kier molecular flexibility index (Phi) is 8.92. The van der Waals surface area contributed by atoms with Crippen LogP contribution in [0, 0.1) is 17.6 Å². The molecule has 4 rings (SSSR count). The lowest BCUT2D eigenvalue weighted by molar-refractivity contribution is -0.137. The molecule has 11 heteroatoms. The van der Waals surface area contributed by atoms with Crippen LogP contribution >= 0.6 is 11.8 Å². The monoisotopic (exact) mass is 574 g/mol. The van der Waals surface area contributed by atoms with E-state index in [2.05, 4.69) is 35.7 Å². The average Bonchev–Trinajstić information content (AvgIpc) is 3.35. The molecule has 1 aliphatic rings. The summed E-state index contributed by atoms with van der Waals surface area (Å²) in [6, 6.07) is 9.45. The highest BCUT2D eigenvalue weighted by Crippen LogP contribution is 2.39. The topological polar surface area (TPSA) is 54.0 Å². The third-order valence-corrected chi connectivity index (χ3v) is 7.03. The largest absolute Gasteiger partial charge is 0.417 e. The molecular formula is C29H27F5N4OS. The van der Waals surface area contributed by atoms with Crippen LogP contribution in [0.25, 0.3) is 11.3 Å². The maximum absolute atomic E-state index is 14.2. The molecule has 2 heterocycles. The Bertz CT molecular complexity index is 1490. The van der Waals surface area contributed by atoms with Gasteiger partial charge >= 0.3 is 6.18 Å². The molecule has 1 aliphatic heterocycles. The van der Waals surface area contributed by atoms with Crippen molar-refractivity contribution < 1.29 is 26.5 Å². The Morgan fingerprint density at radius 2 is 1.93 bits per heavy atom. The second kappa shape index (κ2) is 12.2. The smallest absolute Gasteiger partial charge is 0.359 e. The lowest BCUT2D eigenvalue weighted by Gasteiger charge is -2.18. The standard InChI is InChI=1S/C29H27F5N4OS/c1-17(2)10-11-40-21-8-9-23(24(13-21)29(32,33)34)26-12-20(39-37-26)15-38-16-27(18(3)14-35-38)36-19(4)22-6-5-7-25(30)28(22)31/h5-9,12-14,16-17H,3,10-11,15H2,1-2,4H3. The second-order valence-electron chi connectivity index (χ2n) is 9.59. The van der Waals surface area contributed by atoms with Crippen LogP contribution in [0.5, 0.6) is 0 Å². The van der Waals surface area contributed by atoms with Gasteiger partial charge in [-0.1, -0.05) is 37.7 Å². The Morgan fingerprint density at radius 1 is 1.15 bits per heavy atom. The van der Waals surface area contributed by atoms with Crippen molar-refractivity contribution in [2.45, 2.75) is 44.8 Å². The summed E-state index contributed by atoms with van der Waals surface area (Å²) in [7, 11) is 0. The van der Waals surface area contributed by atoms with Crippen molar-refractivity contribution in [2.75, 3.05) is 5.75 Å². The fourth-order valence-electron chi connectivity index (χ4n) is 3.84. The number of rotatable bonds is 9. The molecule has 0 fully saturated rings. The molecule has 2 aromatic carbocycles. The van der Waals surface area contributed by atoms with Gasteiger partial charge in [-0.2, -0.15) is 18.3 Å². The van der Waals surface area contributed by atoms with Gasteiger partial charge in [-0.25, -0.2) is 8.78 Å². The van der Waals surface area contributed by atoms with E-state index in [0.717, 1.165) is 24.3 Å². The number of aromatic nitrogens is 1. The van der Waals surface area contributed by atoms with E-state index in [0.29, 0.717) is 22.1 Å². The zero-order chi connectivity index (χ0) is 29.0. The summed E-state index contributed by atoms with van der Waals surface area (Å²) in [5, 5.41) is 9.53. The lowest BCUT2D eigenvalue weighted by atomic mass is 10.0. The third-order valence-electron chi connectivity index (χ3n) is 6.00. The van der Waals surface area contributed by atoms with Crippen LogP contribution in [-0.4, -0.2) is 27.8 Å². The van der Waals surface area contributed by atoms with E-state index < -0.39 is 23.4 Å². The minimum absolute atomic E-state index is 0.00690. The number of thioether (sulfide) groups is 1. The van der Waals surface area contributed by atoms with E-state index >= 15 is 0 Å². The molecule has 0 aliphatic carbocycles. The normalized spacial score (nSPS) is 14.3. The highest BCUT2D eigenvalue weighted by atomic mass is 32.2. The molecule has 0 unspecified atom stereocenters. The van der Waals surface area contributed by atoms with E-state index in [1.54, 1.807) is 6.07 Å². The van der Waals surface area contributed by atoms with Gasteiger partial charge in [0.05, 0.1) is 23.7 Å². The molecular weight excluding hydrogens is 547 g/mol. The van der Waals surface area contributed by atoms with Crippen molar-refractivity contribution in [1.29, 1.82) is 0 Å². The molecule has 0 radical (unpaired) electrons. The second-order valence-corrected chi connectivity index (χ2v) is 10.8. The Hall–Kier alpha value is -3.73. The first kappa shape index (κ1) is 29.3. The van der Waals surface area contributed by atoms with Crippen molar-refractivity contribution in [1.82, 2.24) is 10.2 Å². The van der Waals surface area contributed by atoms with Crippen LogP contribution in [0.3, 0.4) is 0 Å².